The first-order chi connectivity index (χ1) is 21.5. The van der Waals surface area contributed by atoms with Crippen LogP contribution < -0.4 is 20.7 Å². The van der Waals surface area contributed by atoms with Gasteiger partial charge < -0.3 is 20.7 Å². The zero-order valence-corrected chi connectivity index (χ0v) is 25.3. The van der Waals surface area contributed by atoms with Gasteiger partial charge in [-0.25, -0.2) is 4.98 Å². The maximum absolute atomic E-state index is 13.3. The predicted octanol–water partition coefficient (Wildman–Crippen LogP) is 6.96. The van der Waals surface area contributed by atoms with Gasteiger partial charge in [-0.2, -0.15) is 0 Å². The van der Waals surface area contributed by atoms with Gasteiger partial charge in [-0.15, -0.1) is 23.1 Å². The highest BCUT2D eigenvalue weighted by Crippen LogP contribution is 2.26. The first-order valence-electron chi connectivity index (χ1n) is 13.5. The predicted molar refractivity (Wildman–Crippen MR) is 177 cm³/mol. The molecule has 0 atom stereocenters. The highest BCUT2D eigenvalue weighted by molar-refractivity contribution is 8.00. The average Bonchev–Trinajstić information content (AvgIpc) is 3.53. The topological polar surface area (TPSA) is 109 Å². The third-order valence-electron chi connectivity index (χ3n) is 6.24. The van der Waals surface area contributed by atoms with Crippen molar-refractivity contribution in [3.63, 3.8) is 0 Å². The van der Waals surface area contributed by atoms with Crippen LogP contribution in [0.25, 0.3) is 17.3 Å². The molecule has 0 bridgehead atoms. The molecule has 0 unspecified atom stereocenters. The number of ether oxygens (including phenoxy) is 1. The van der Waals surface area contributed by atoms with Gasteiger partial charge >= 0.3 is 0 Å². The van der Waals surface area contributed by atoms with Crippen molar-refractivity contribution < 1.29 is 19.1 Å². The van der Waals surface area contributed by atoms with Crippen molar-refractivity contribution in [2.75, 3.05) is 23.5 Å². The highest BCUT2D eigenvalue weighted by Gasteiger charge is 2.16. The standard InChI is InChI=1S/C34H28N4O4S2/c1-42-27-14-8-9-23(19-27)20-29(36-32(40)25-12-6-3-7-13-25)33(41)35-26-15-17-28(18-16-26)43-22-31(39)38-34-37-30(21-44-34)24-10-4-2-5-11-24/h2-21H,22H2,1H3,(H,35,41)(H,36,40)(H,37,38,39)/b29-20-. The van der Waals surface area contributed by atoms with Crippen LogP contribution in [-0.4, -0.2) is 35.6 Å². The molecule has 10 heteroatoms. The van der Waals surface area contributed by atoms with E-state index in [1.807, 2.05) is 60.0 Å². The van der Waals surface area contributed by atoms with Crippen LogP contribution in [0.2, 0.25) is 0 Å². The molecule has 3 amide bonds. The highest BCUT2D eigenvalue weighted by atomic mass is 32.2. The van der Waals surface area contributed by atoms with E-state index in [2.05, 4.69) is 20.9 Å². The van der Waals surface area contributed by atoms with E-state index >= 15 is 0 Å². The fourth-order valence-corrected chi connectivity index (χ4v) is 5.48. The fourth-order valence-electron chi connectivity index (χ4n) is 4.05. The van der Waals surface area contributed by atoms with Crippen molar-refractivity contribution >= 4 is 57.7 Å². The zero-order valence-electron chi connectivity index (χ0n) is 23.7. The SMILES string of the molecule is COc1cccc(/C=C(\NC(=O)c2ccccc2)C(=O)Nc2ccc(SCC(=O)Nc3nc(-c4ccccc4)cs3)cc2)c1. The van der Waals surface area contributed by atoms with Crippen molar-refractivity contribution in [3.8, 4) is 17.0 Å². The number of hydrogen-bond donors (Lipinski definition) is 3. The summed E-state index contributed by atoms with van der Waals surface area (Å²) >= 11 is 2.75. The van der Waals surface area contributed by atoms with E-state index in [-0.39, 0.29) is 17.4 Å². The molecule has 0 spiro atoms. The Kier molecular flexibility index (Phi) is 10.2. The van der Waals surface area contributed by atoms with Gasteiger partial charge in [0.05, 0.1) is 18.6 Å². The van der Waals surface area contributed by atoms with E-state index in [0.29, 0.717) is 27.7 Å². The van der Waals surface area contributed by atoms with Gasteiger partial charge in [-0.1, -0.05) is 60.7 Å². The van der Waals surface area contributed by atoms with Gasteiger partial charge in [-0.05, 0) is 60.2 Å². The molecule has 0 fully saturated rings. The normalized spacial score (nSPS) is 11.0. The van der Waals surface area contributed by atoms with Gasteiger partial charge in [0.1, 0.15) is 11.4 Å². The smallest absolute Gasteiger partial charge is 0.272 e. The van der Waals surface area contributed by atoms with Gasteiger partial charge in [0.15, 0.2) is 5.13 Å². The minimum absolute atomic E-state index is 0.0693. The van der Waals surface area contributed by atoms with Gasteiger partial charge in [0.25, 0.3) is 11.8 Å². The summed E-state index contributed by atoms with van der Waals surface area (Å²) in [5.41, 5.74) is 3.52. The Morgan fingerprint density at radius 3 is 2.32 bits per heavy atom. The molecule has 3 N–H and O–H groups in total. The Morgan fingerprint density at radius 1 is 0.864 bits per heavy atom. The van der Waals surface area contributed by atoms with Gasteiger partial charge in [-0.3, -0.25) is 14.4 Å². The molecule has 0 radical (unpaired) electrons. The monoisotopic (exact) mass is 620 g/mol. The maximum Gasteiger partial charge on any atom is 0.272 e. The number of amides is 3. The summed E-state index contributed by atoms with van der Waals surface area (Å²) in [6.07, 6.45) is 1.59. The Labute approximate surface area is 263 Å². The molecule has 0 aliphatic heterocycles. The van der Waals surface area contributed by atoms with Gasteiger partial charge in [0, 0.05) is 27.1 Å². The fraction of sp³-hybridized carbons (Fsp3) is 0.0588. The molecule has 0 saturated heterocycles. The van der Waals surface area contributed by atoms with Crippen molar-refractivity contribution in [2.24, 2.45) is 0 Å². The second-order valence-electron chi connectivity index (χ2n) is 9.37. The zero-order chi connectivity index (χ0) is 30.7. The minimum Gasteiger partial charge on any atom is -0.497 e. The maximum atomic E-state index is 13.3. The largest absolute Gasteiger partial charge is 0.497 e. The molecule has 5 aromatic rings. The number of aromatic nitrogens is 1. The molecule has 4 aromatic carbocycles. The van der Waals surface area contributed by atoms with E-state index in [1.165, 1.54) is 23.1 Å². The van der Waals surface area contributed by atoms with Crippen LogP contribution in [0, 0.1) is 0 Å². The first kappa shape index (κ1) is 30.3. The lowest BCUT2D eigenvalue weighted by Crippen LogP contribution is -2.30. The lowest BCUT2D eigenvalue weighted by Gasteiger charge is -2.12. The molecule has 0 aliphatic carbocycles. The number of nitrogens with one attached hydrogen (secondary N) is 3. The number of carbonyl (C=O) groups excluding carboxylic acids is 3. The van der Waals surface area contributed by atoms with E-state index < -0.39 is 11.8 Å². The van der Waals surface area contributed by atoms with Crippen molar-refractivity contribution in [1.29, 1.82) is 0 Å². The second kappa shape index (κ2) is 14.8. The van der Waals surface area contributed by atoms with Crippen LogP contribution in [0.5, 0.6) is 5.75 Å². The number of anilines is 2. The van der Waals surface area contributed by atoms with Crippen LogP contribution in [0.4, 0.5) is 10.8 Å². The number of benzene rings is 4. The number of nitrogens with zero attached hydrogens (tertiary/aromatic N) is 1. The van der Waals surface area contributed by atoms with Crippen LogP contribution >= 0.6 is 23.1 Å². The van der Waals surface area contributed by atoms with E-state index in [9.17, 15) is 14.4 Å². The molecule has 1 heterocycles. The molecule has 0 aliphatic rings. The average molecular weight is 621 g/mol. The minimum atomic E-state index is -0.491. The Hall–Kier alpha value is -5.19. The Balaban J connectivity index is 1.20. The van der Waals surface area contributed by atoms with Crippen LogP contribution in [0.15, 0.2) is 125 Å². The van der Waals surface area contributed by atoms with Crippen molar-refractivity contribution in [3.05, 3.63) is 131 Å². The Bertz CT molecular complexity index is 1770. The van der Waals surface area contributed by atoms with Crippen molar-refractivity contribution in [2.45, 2.75) is 4.90 Å². The summed E-state index contributed by atoms with van der Waals surface area (Å²) < 4.78 is 5.29. The molecule has 1 aromatic heterocycles. The third-order valence-corrected chi connectivity index (χ3v) is 8.01. The van der Waals surface area contributed by atoms with Gasteiger partial charge in [0.2, 0.25) is 5.91 Å². The summed E-state index contributed by atoms with van der Waals surface area (Å²) in [6, 6.07) is 32.7. The Morgan fingerprint density at radius 2 is 1.59 bits per heavy atom. The summed E-state index contributed by atoms with van der Waals surface area (Å²) in [7, 11) is 1.56. The number of methoxy groups -OCH3 is 1. The lowest BCUT2D eigenvalue weighted by molar-refractivity contribution is -0.114. The summed E-state index contributed by atoms with van der Waals surface area (Å²) in [6.45, 7) is 0. The number of thiazole rings is 1. The number of rotatable bonds is 11. The number of carbonyl (C=O) groups is 3. The van der Waals surface area contributed by atoms with Crippen LogP contribution in [-0.2, 0) is 9.59 Å². The molecule has 8 nitrogen and oxygen atoms in total. The third kappa shape index (κ3) is 8.43. The van der Waals surface area contributed by atoms with Crippen LogP contribution in [0.1, 0.15) is 15.9 Å². The molecular formula is C34H28N4O4S2. The summed E-state index contributed by atoms with van der Waals surface area (Å²) in [5, 5.41) is 10.9. The number of hydrogen-bond acceptors (Lipinski definition) is 7. The quantitative estimate of drug-likeness (QED) is 0.109. The summed E-state index contributed by atoms with van der Waals surface area (Å²) in [4.78, 5) is 44.1. The second-order valence-corrected chi connectivity index (χ2v) is 11.3. The van der Waals surface area contributed by atoms with Crippen molar-refractivity contribution in [1.82, 2.24) is 10.3 Å². The lowest BCUT2D eigenvalue weighted by atomic mass is 10.1. The molecule has 44 heavy (non-hydrogen) atoms. The molecule has 5 rings (SSSR count). The van der Waals surface area contributed by atoms with Crippen LogP contribution in [0.3, 0.4) is 0 Å². The first-order valence-corrected chi connectivity index (χ1v) is 15.4. The molecule has 220 valence electrons. The number of thioether (sulfide) groups is 1. The van der Waals surface area contributed by atoms with E-state index in [4.69, 9.17) is 4.74 Å². The van der Waals surface area contributed by atoms with E-state index in [1.54, 1.807) is 67.8 Å². The van der Waals surface area contributed by atoms with E-state index in [0.717, 1.165) is 16.2 Å². The summed E-state index contributed by atoms with van der Waals surface area (Å²) in [5.74, 6) is -0.240. The molecular weight excluding hydrogens is 593 g/mol. The molecule has 0 saturated carbocycles.